The highest BCUT2D eigenvalue weighted by molar-refractivity contribution is 5.87. The molecule has 0 aromatic rings. The summed E-state index contributed by atoms with van der Waals surface area (Å²) in [5.74, 6) is -0.416. The van der Waals surface area contributed by atoms with Crippen molar-refractivity contribution in [1.29, 1.82) is 0 Å². The number of methoxy groups -OCH3 is 1. The van der Waals surface area contributed by atoms with Gasteiger partial charge in [0.05, 0.1) is 13.2 Å². The maximum absolute atomic E-state index is 11.8. The number of ether oxygens (including phenoxy) is 1. The van der Waals surface area contributed by atoms with E-state index in [1.165, 1.54) is 7.11 Å². The van der Waals surface area contributed by atoms with Crippen LogP contribution >= 0.6 is 12.4 Å². The molecular weight excluding hydrogens is 256 g/mol. The van der Waals surface area contributed by atoms with Gasteiger partial charge in [-0.2, -0.15) is 0 Å². The zero-order chi connectivity index (χ0) is 13.6. The first-order chi connectivity index (χ1) is 7.79. The van der Waals surface area contributed by atoms with Crippen LogP contribution in [0.4, 0.5) is 0 Å². The van der Waals surface area contributed by atoms with Gasteiger partial charge in [0.2, 0.25) is 5.91 Å². The summed E-state index contributed by atoms with van der Waals surface area (Å²) in [5, 5.41) is 2.64. The van der Waals surface area contributed by atoms with E-state index in [0.29, 0.717) is 6.42 Å². The van der Waals surface area contributed by atoms with E-state index in [1.807, 2.05) is 27.7 Å². The standard InChI is InChI=1S/C12H24N2O3.ClH/c1-7(2)6-9(12(16)17-5)14-11(15)10(13)8(3)4;/h7-10H,6,13H2,1-5H3,(H,14,15);1H/t9-,10-;/m0./s1. The van der Waals surface area contributed by atoms with Crippen LogP contribution in [0.25, 0.3) is 0 Å². The van der Waals surface area contributed by atoms with E-state index >= 15 is 0 Å². The zero-order valence-electron chi connectivity index (χ0n) is 11.7. The van der Waals surface area contributed by atoms with Crippen LogP contribution in [0, 0.1) is 11.8 Å². The lowest BCUT2D eigenvalue weighted by molar-refractivity contribution is -0.145. The molecule has 1 amide bonds. The number of nitrogens with one attached hydrogen (secondary N) is 1. The molecule has 0 saturated heterocycles. The van der Waals surface area contributed by atoms with Crippen molar-refractivity contribution in [1.82, 2.24) is 5.32 Å². The number of halogens is 1. The predicted octanol–water partition coefficient (Wildman–Crippen LogP) is 1.10. The first-order valence-corrected chi connectivity index (χ1v) is 5.93. The minimum absolute atomic E-state index is 0. The molecule has 0 aromatic heterocycles. The third kappa shape index (κ3) is 6.81. The second kappa shape index (κ2) is 9.16. The lowest BCUT2D eigenvalue weighted by Gasteiger charge is -2.22. The molecule has 0 heterocycles. The van der Waals surface area contributed by atoms with E-state index in [2.05, 4.69) is 10.1 Å². The largest absolute Gasteiger partial charge is 0.467 e. The van der Waals surface area contributed by atoms with Crippen molar-refractivity contribution in [2.45, 2.75) is 46.2 Å². The van der Waals surface area contributed by atoms with Gasteiger partial charge < -0.3 is 15.8 Å². The summed E-state index contributed by atoms with van der Waals surface area (Å²) in [6.07, 6.45) is 0.545. The molecule has 0 aliphatic rings. The van der Waals surface area contributed by atoms with Crippen molar-refractivity contribution in [3.63, 3.8) is 0 Å². The van der Waals surface area contributed by atoms with Gasteiger partial charge >= 0.3 is 5.97 Å². The van der Waals surface area contributed by atoms with Crippen LogP contribution < -0.4 is 11.1 Å². The van der Waals surface area contributed by atoms with Crippen molar-refractivity contribution in [2.75, 3.05) is 7.11 Å². The number of esters is 1. The predicted molar refractivity (Wildman–Crippen MR) is 73.5 cm³/mol. The average molecular weight is 281 g/mol. The van der Waals surface area contributed by atoms with Gasteiger partial charge in [0.1, 0.15) is 6.04 Å². The van der Waals surface area contributed by atoms with Crippen LogP contribution in [-0.4, -0.2) is 31.1 Å². The maximum atomic E-state index is 11.8. The fourth-order valence-corrected chi connectivity index (χ4v) is 1.40. The first-order valence-electron chi connectivity index (χ1n) is 5.93. The Bertz CT molecular complexity index is 270. The average Bonchev–Trinajstić information content (AvgIpc) is 2.24. The summed E-state index contributed by atoms with van der Waals surface area (Å²) in [5.41, 5.74) is 5.72. The van der Waals surface area contributed by atoms with Crippen LogP contribution in [0.3, 0.4) is 0 Å². The summed E-state index contributed by atoms with van der Waals surface area (Å²) < 4.78 is 4.66. The second-order valence-electron chi connectivity index (χ2n) is 4.98. The molecular formula is C12H25ClN2O3. The quantitative estimate of drug-likeness (QED) is 0.714. The molecule has 108 valence electrons. The van der Waals surface area contributed by atoms with Crippen LogP contribution in [0.2, 0.25) is 0 Å². The SMILES string of the molecule is COC(=O)[C@H](CC(C)C)NC(=O)[C@@H](N)C(C)C.Cl. The molecule has 18 heavy (non-hydrogen) atoms. The number of carbonyl (C=O) groups excluding carboxylic acids is 2. The summed E-state index contributed by atoms with van der Waals surface area (Å²) in [4.78, 5) is 23.3. The molecule has 0 rings (SSSR count). The van der Waals surface area contributed by atoms with Gasteiger partial charge in [-0.15, -0.1) is 12.4 Å². The van der Waals surface area contributed by atoms with Gasteiger partial charge in [0.15, 0.2) is 0 Å². The Hall–Kier alpha value is -0.810. The highest BCUT2D eigenvalue weighted by Crippen LogP contribution is 2.07. The molecule has 0 saturated carbocycles. The molecule has 0 fully saturated rings. The highest BCUT2D eigenvalue weighted by atomic mass is 35.5. The van der Waals surface area contributed by atoms with Crippen LogP contribution in [0.5, 0.6) is 0 Å². The first kappa shape index (κ1) is 19.5. The van der Waals surface area contributed by atoms with E-state index in [4.69, 9.17) is 5.73 Å². The highest BCUT2D eigenvalue weighted by Gasteiger charge is 2.26. The Morgan fingerprint density at radius 2 is 1.72 bits per heavy atom. The molecule has 2 atom stereocenters. The number of rotatable bonds is 6. The summed E-state index contributed by atoms with van der Waals surface area (Å²) in [7, 11) is 1.31. The topological polar surface area (TPSA) is 81.4 Å². The number of hydrogen-bond acceptors (Lipinski definition) is 4. The van der Waals surface area contributed by atoms with Gasteiger partial charge in [0, 0.05) is 0 Å². The van der Waals surface area contributed by atoms with E-state index in [0.717, 1.165) is 0 Å². The molecule has 0 aromatic carbocycles. The van der Waals surface area contributed by atoms with E-state index in [9.17, 15) is 9.59 Å². The van der Waals surface area contributed by atoms with Gasteiger partial charge in [-0.25, -0.2) is 4.79 Å². The van der Waals surface area contributed by atoms with E-state index in [-0.39, 0.29) is 30.2 Å². The zero-order valence-corrected chi connectivity index (χ0v) is 12.5. The fraction of sp³-hybridized carbons (Fsp3) is 0.833. The van der Waals surface area contributed by atoms with Gasteiger partial charge in [-0.3, -0.25) is 4.79 Å². The Labute approximate surface area is 115 Å². The molecule has 0 aliphatic heterocycles. The van der Waals surface area contributed by atoms with Gasteiger partial charge in [0.25, 0.3) is 0 Å². The molecule has 5 nitrogen and oxygen atoms in total. The Morgan fingerprint density at radius 3 is 2.06 bits per heavy atom. The summed E-state index contributed by atoms with van der Waals surface area (Å²) in [6.45, 7) is 7.68. The van der Waals surface area contributed by atoms with Crippen molar-refractivity contribution >= 4 is 24.3 Å². The van der Waals surface area contributed by atoms with Crippen LogP contribution in [0.15, 0.2) is 0 Å². The van der Waals surface area contributed by atoms with Crippen molar-refractivity contribution in [2.24, 2.45) is 17.6 Å². The molecule has 0 unspecified atom stereocenters. The maximum Gasteiger partial charge on any atom is 0.328 e. The minimum Gasteiger partial charge on any atom is -0.467 e. The van der Waals surface area contributed by atoms with Crippen molar-refractivity contribution in [3.8, 4) is 0 Å². The molecule has 0 radical (unpaired) electrons. The third-order valence-corrected chi connectivity index (χ3v) is 2.53. The van der Waals surface area contributed by atoms with Crippen molar-refractivity contribution < 1.29 is 14.3 Å². The molecule has 0 bridgehead atoms. The third-order valence-electron chi connectivity index (χ3n) is 2.53. The minimum atomic E-state index is -0.614. The van der Waals surface area contributed by atoms with Gasteiger partial charge in [-0.05, 0) is 18.3 Å². The number of nitrogens with two attached hydrogens (primary N) is 1. The van der Waals surface area contributed by atoms with Crippen molar-refractivity contribution in [3.05, 3.63) is 0 Å². The van der Waals surface area contributed by atoms with Gasteiger partial charge in [-0.1, -0.05) is 27.7 Å². The normalized spacial score (nSPS) is 13.8. The summed E-state index contributed by atoms with van der Waals surface area (Å²) in [6, 6.07) is -1.22. The fourth-order valence-electron chi connectivity index (χ4n) is 1.40. The number of hydrogen-bond donors (Lipinski definition) is 2. The monoisotopic (exact) mass is 280 g/mol. The molecule has 0 aliphatic carbocycles. The van der Waals surface area contributed by atoms with E-state index in [1.54, 1.807) is 0 Å². The Balaban J connectivity index is 0. The van der Waals surface area contributed by atoms with E-state index < -0.39 is 18.1 Å². The molecule has 6 heteroatoms. The number of carbonyl (C=O) groups is 2. The smallest absolute Gasteiger partial charge is 0.328 e. The lowest BCUT2D eigenvalue weighted by atomic mass is 10.0. The molecule has 3 N–H and O–H groups in total. The van der Waals surface area contributed by atoms with Crippen LogP contribution in [-0.2, 0) is 14.3 Å². The Morgan fingerprint density at radius 1 is 1.22 bits per heavy atom. The second-order valence-corrected chi connectivity index (χ2v) is 4.98. The number of amides is 1. The summed E-state index contributed by atoms with van der Waals surface area (Å²) >= 11 is 0. The van der Waals surface area contributed by atoms with Crippen LogP contribution in [0.1, 0.15) is 34.1 Å². The Kier molecular flexibility index (Phi) is 9.94. The lowest BCUT2D eigenvalue weighted by Crippen LogP contribution is -2.50. The molecule has 0 spiro atoms.